The van der Waals surface area contributed by atoms with E-state index in [0.29, 0.717) is 11.5 Å². The molecule has 2 aliphatic heterocycles. The molecule has 1 aliphatic carbocycles. The number of piperidine rings is 1. The highest BCUT2D eigenvalue weighted by molar-refractivity contribution is 5.94. The third kappa shape index (κ3) is 6.91. The first-order chi connectivity index (χ1) is 14.5. The summed E-state index contributed by atoms with van der Waals surface area (Å²) in [6, 6.07) is 8.31. The van der Waals surface area contributed by atoms with E-state index in [4.69, 9.17) is 10.5 Å². The molecular weight excluding hydrogens is 374 g/mol. The minimum absolute atomic E-state index is 0.287. The predicted molar refractivity (Wildman–Crippen MR) is 122 cm³/mol. The Balaban J connectivity index is 0.000000310. The summed E-state index contributed by atoms with van der Waals surface area (Å²) in [4.78, 5) is 13.4. The Morgan fingerprint density at radius 3 is 2.37 bits per heavy atom. The minimum atomic E-state index is -0.450. The second kappa shape index (κ2) is 11.2. The highest BCUT2D eigenvalue weighted by atomic mass is 16.5. The number of carbonyl (C=O) groups is 1. The zero-order valence-corrected chi connectivity index (χ0v) is 18.5. The second-order valence-corrected chi connectivity index (χ2v) is 8.94. The van der Waals surface area contributed by atoms with Crippen molar-refractivity contribution in [3.05, 3.63) is 53.8 Å². The molecule has 3 N–H and O–H groups in total. The van der Waals surface area contributed by atoms with Gasteiger partial charge >= 0.3 is 0 Å². The fourth-order valence-electron chi connectivity index (χ4n) is 4.40. The molecule has 5 nitrogen and oxygen atoms in total. The second-order valence-electron chi connectivity index (χ2n) is 8.94. The quantitative estimate of drug-likeness (QED) is 0.774. The van der Waals surface area contributed by atoms with Crippen molar-refractivity contribution >= 4 is 5.91 Å². The van der Waals surface area contributed by atoms with Gasteiger partial charge in [0, 0.05) is 12.7 Å². The number of likely N-dealkylation sites (tertiary alicyclic amines) is 1. The van der Waals surface area contributed by atoms with Gasteiger partial charge < -0.3 is 20.7 Å². The number of amides is 1. The molecule has 5 heteroatoms. The molecule has 2 heterocycles. The van der Waals surface area contributed by atoms with Gasteiger partial charge in [-0.15, -0.1) is 0 Å². The molecule has 1 amide bonds. The molecule has 0 spiro atoms. The average molecular weight is 412 g/mol. The number of nitrogens with zero attached hydrogens (tertiary/aromatic N) is 1. The standard InChI is InChI=1S/C18H23N3O2.C7H14/c1-21-10-2-3-15(12-21)13-4-7-16(8-5-13)23-17-9-6-14(11-20-17)18(19)22;1-7-5-3-2-4-6-7/h4-9,11,15,17,20H,2-3,10,12H2,1H3,(H2,19,22);7H,2-6H2,1H3. The summed E-state index contributed by atoms with van der Waals surface area (Å²) in [7, 11) is 2.18. The van der Waals surface area contributed by atoms with Crippen LogP contribution in [0.25, 0.3) is 0 Å². The lowest BCUT2D eigenvalue weighted by Crippen LogP contribution is -2.32. The molecule has 2 atom stereocenters. The molecule has 0 radical (unpaired) electrons. The molecule has 0 bridgehead atoms. The van der Waals surface area contributed by atoms with Crippen molar-refractivity contribution in [2.75, 3.05) is 20.1 Å². The van der Waals surface area contributed by atoms with E-state index in [1.165, 1.54) is 57.1 Å². The van der Waals surface area contributed by atoms with Crippen LogP contribution in [0.4, 0.5) is 0 Å². The summed E-state index contributed by atoms with van der Waals surface area (Å²) in [6.45, 7) is 4.67. The van der Waals surface area contributed by atoms with Crippen LogP contribution in [0.1, 0.15) is 63.4 Å². The van der Waals surface area contributed by atoms with Gasteiger partial charge in [0.05, 0.1) is 5.57 Å². The predicted octanol–water partition coefficient (Wildman–Crippen LogP) is 4.32. The Morgan fingerprint density at radius 2 is 1.83 bits per heavy atom. The molecule has 2 fully saturated rings. The first-order valence-electron chi connectivity index (χ1n) is 11.4. The molecule has 164 valence electrons. The lowest BCUT2D eigenvalue weighted by molar-refractivity contribution is -0.114. The largest absolute Gasteiger partial charge is 0.467 e. The molecular formula is C25H37N3O2. The van der Waals surface area contributed by atoms with Crippen LogP contribution in [0.5, 0.6) is 5.75 Å². The fraction of sp³-hybridized carbons (Fsp3) is 0.560. The maximum atomic E-state index is 11.0. The fourth-order valence-corrected chi connectivity index (χ4v) is 4.40. The van der Waals surface area contributed by atoms with Crippen molar-refractivity contribution in [1.29, 1.82) is 0 Å². The zero-order chi connectivity index (χ0) is 21.3. The van der Waals surface area contributed by atoms with Crippen LogP contribution in [0.3, 0.4) is 0 Å². The highest BCUT2D eigenvalue weighted by Crippen LogP contribution is 2.28. The number of ether oxygens (including phenoxy) is 1. The topological polar surface area (TPSA) is 67.6 Å². The van der Waals surface area contributed by atoms with E-state index < -0.39 is 5.91 Å². The summed E-state index contributed by atoms with van der Waals surface area (Å²) >= 11 is 0. The number of nitrogens with one attached hydrogen (secondary N) is 1. The number of hydrogen-bond acceptors (Lipinski definition) is 4. The van der Waals surface area contributed by atoms with E-state index in [2.05, 4.69) is 36.3 Å². The highest BCUT2D eigenvalue weighted by Gasteiger charge is 2.19. The number of dihydropyridines is 1. The molecule has 0 aromatic heterocycles. The van der Waals surface area contributed by atoms with E-state index in [1.54, 1.807) is 18.4 Å². The van der Waals surface area contributed by atoms with Crippen LogP contribution < -0.4 is 15.8 Å². The van der Waals surface area contributed by atoms with Crippen molar-refractivity contribution < 1.29 is 9.53 Å². The third-order valence-electron chi connectivity index (χ3n) is 6.27. The summed E-state index contributed by atoms with van der Waals surface area (Å²) in [6.07, 6.45) is 14.7. The normalized spacial score (nSPS) is 24.8. The average Bonchev–Trinajstić information content (AvgIpc) is 2.76. The van der Waals surface area contributed by atoms with Gasteiger partial charge in [0.1, 0.15) is 5.75 Å². The lowest BCUT2D eigenvalue weighted by Gasteiger charge is -2.30. The Kier molecular flexibility index (Phi) is 8.38. The van der Waals surface area contributed by atoms with Crippen molar-refractivity contribution in [2.24, 2.45) is 11.7 Å². The van der Waals surface area contributed by atoms with E-state index in [0.717, 1.165) is 18.2 Å². The number of benzene rings is 1. The number of rotatable bonds is 4. The Morgan fingerprint density at radius 1 is 1.10 bits per heavy atom. The summed E-state index contributed by atoms with van der Waals surface area (Å²) in [5.41, 5.74) is 7.03. The van der Waals surface area contributed by atoms with Crippen molar-refractivity contribution in [3.63, 3.8) is 0 Å². The third-order valence-corrected chi connectivity index (χ3v) is 6.27. The Labute approximate surface area is 181 Å². The number of likely N-dealkylation sites (N-methyl/N-ethyl adjacent to an activating group) is 1. The lowest BCUT2D eigenvalue weighted by atomic mass is 9.91. The number of carbonyl (C=O) groups excluding carboxylic acids is 1. The minimum Gasteiger partial charge on any atom is -0.467 e. The van der Waals surface area contributed by atoms with Crippen LogP contribution >= 0.6 is 0 Å². The first-order valence-corrected chi connectivity index (χ1v) is 11.4. The van der Waals surface area contributed by atoms with E-state index in [1.807, 2.05) is 12.1 Å². The van der Waals surface area contributed by atoms with Gasteiger partial charge in [-0.25, -0.2) is 0 Å². The molecule has 30 heavy (non-hydrogen) atoms. The number of primary amides is 1. The molecule has 1 aromatic carbocycles. The van der Waals surface area contributed by atoms with Gasteiger partial charge in [0.25, 0.3) is 0 Å². The Bertz CT molecular complexity index is 735. The molecule has 4 rings (SSSR count). The van der Waals surface area contributed by atoms with E-state index >= 15 is 0 Å². The van der Waals surface area contributed by atoms with Crippen molar-refractivity contribution in [1.82, 2.24) is 10.2 Å². The Hall–Kier alpha value is -2.27. The molecule has 1 saturated carbocycles. The molecule has 2 unspecified atom stereocenters. The van der Waals surface area contributed by atoms with Crippen molar-refractivity contribution in [2.45, 2.75) is 64.0 Å². The van der Waals surface area contributed by atoms with Gasteiger partial charge in [-0.1, -0.05) is 51.2 Å². The molecule has 3 aliphatic rings. The van der Waals surface area contributed by atoms with E-state index in [9.17, 15) is 4.79 Å². The number of nitrogens with two attached hydrogens (primary N) is 1. The van der Waals surface area contributed by atoms with Crippen molar-refractivity contribution in [3.8, 4) is 5.75 Å². The summed E-state index contributed by atoms with van der Waals surface area (Å²) in [5, 5.41) is 3.00. The van der Waals surface area contributed by atoms with Gasteiger partial charge in [-0.2, -0.15) is 0 Å². The van der Waals surface area contributed by atoms with Crippen LogP contribution in [0.2, 0.25) is 0 Å². The number of hydrogen-bond donors (Lipinski definition) is 2. The van der Waals surface area contributed by atoms with Gasteiger partial charge in [0.2, 0.25) is 5.91 Å². The van der Waals surface area contributed by atoms with Crippen LogP contribution in [0.15, 0.2) is 48.2 Å². The summed E-state index contributed by atoms with van der Waals surface area (Å²) in [5.74, 6) is 2.00. The molecule has 1 aromatic rings. The van der Waals surface area contributed by atoms with Crippen LogP contribution in [-0.2, 0) is 4.79 Å². The van der Waals surface area contributed by atoms with Gasteiger partial charge in [-0.3, -0.25) is 4.79 Å². The maximum absolute atomic E-state index is 11.0. The van der Waals surface area contributed by atoms with E-state index in [-0.39, 0.29) is 6.23 Å². The van der Waals surface area contributed by atoms with Gasteiger partial charge in [-0.05, 0) is 68.1 Å². The first kappa shape index (κ1) is 22.4. The summed E-state index contributed by atoms with van der Waals surface area (Å²) < 4.78 is 5.84. The van der Waals surface area contributed by atoms with Crippen LogP contribution in [-0.4, -0.2) is 37.2 Å². The molecule has 1 saturated heterocycles. The zero-order valence-electron chi connectivity index (χ0n) is 18.5. The van der Waals surface area contributed by atoms with Crippen LogP contribution in [0, 0.1) is 5.92 Å². The SMILES string of the molecule is CC1CCCCC1.CN1CCCC(c2ccc(OC3C=CC(C(N)=O)=CN3)cc2)C1. The monoisotopic (exact) mass is 411 g/mol. The maximum Gasteiger partial charge on any atom is 0.250 e. The smallest absolute Gasteiger partial charge is 0.250 e. The van der Waals surface area contributed by atoms with Gasteiger partial charge in [0.15, 0.2) is 6.23 Å².